The Morgan fingerprint density at radius 3 is 2.41 bits per heavy atom. The van der Waals surface area contributed by atoms with Crippen molar-refractivity contribution in [3.05, 3.63) is 83.6 Å². The molecule has 1 saturated heterocycles. The fourth-order valence-electron chi connectivity index (χ4n) is 5.34. The number of piperidine rings is 1. The van der Waals surface area contributed by atoms with E-state index in [2.05, 4.69) is 11.0 Å². The van der Waals surface area contributed by atoms with Gasteiger partial charge in [0.25, 0.3) is 5.91 Å². The van der Waals surface area contributed by atoms with Crippen LogP contribution in [0.25, 0.3) is 0 Å². The summed E-state index contributed by atoms with van der Waals surface area (Å²) in [6, 6.07) is 16.0. The first-order chi connectivity index (χ1) is 17.8. The van der Waals surface area contributed by atoms with E-state index in [1.54, 1.807) is 18.6 Å². The average Bonchev–Trinajstić information content (AvgIpc) is 3.39. The van der Waals surface area contributed by atoms with Crippen molar-refractivity contribution in [2.45, 2.75) is 65.2 Å². The maximum absolute atomic E-state index is 15.4. The molecule has 1 fully saturated rings. The van der Waals surface area contributed by atoms with Gasteiger partial charge >= 0.3 is 0 Å². The number of benzene rings is 2. The van der Waals surface area contributed by atoms with Crippen LogP contribution in [0.5, 0.6) is 0 Å². The van der Waals surface area contributed by atoms with E-state index in [1.807, 2.05) is 67.8 Å². The molecule has 194 valence electrons. The van der Waals surface area contributed by atoms with Crippen LogP contribution < -0.4 is 4.90 Å². The van der Waals surface area contributed by atoms with Crippen LogP contribution in [0.4, 0.5) is 15.8 Å². The summed E-state index contributed by atoms with van der Waals surface area (Å²) in [7, 11) is 0. The van der Waals surface area contributed by atoms with E-state index in [-0.39, 0.29) is 24.0 Å². The summed E-state index contributed by atoms with van der Waals surface area (Å²) in [5.41, 5.74) is 3.04. The number of rotatable bonds is 8. The number of halogens is 1. The van der Waals surface area contributed by atoms with Gasteiger partial charge in [0.2, 0.25) is 0 Å². The number of carbonyl (C=O) groups excluding carboxylic acids is 1. The lowest BCUT2D eigenvalue weighted by Gasteiger charge is -2.41. The fourth-order valence-corrected chi connectivity index (χ4v) is 5.34. The number of nitriles is 1. The van der Waals surface area contributed by atoms with Gasteiger partial charge in [-0.2, -0.15) is 5.26 Å². The van der Waals surface area contributed by atoms with Gasteiger partial charge in [-0.05, 0) is 76.9 Å². The zero-order chi connectivity index (χ0) is 26.5. The van der Waals surface area contributed by atoms with E-state index in [0.29, 0.717) is 22.5 Å². The molecule has 0 saturated carbocycles. The number of hydrogen-bond donors (Lipinski definition) is 0. The second-order valence-corrected chi connectivity index (χ2v) is 10.2. The topological polar surface area (TPSA) is 63.7 Å². The van der Waals surface area contributed by atoms with Crippen molar-refractivity contribution in [1.82, 2.24) is 9.80 Å². The highest BCUT2D eigenvalue weighted by molar-refractivity contribution is 6.01. The van der Waals surface area contributed by atoms with E-state index in [0.717, 1.165) is 38.0 Å². The minimum absolute atomic E-state index is 0.0128. The number of likely N-dealkylation sites (tertiary alicyclic amines) is 1. The van der Waals surface area contributed by atoms with Crippen LogP contribution in [0.15, 0.2) is 65.5 Å². The molecule has 1 aliphatic rings. The highest BCUT2D eigenvalue weighted by Gasteiger charge is 2.32. The van der Waals surface area contributed by atoms with Gasteiger partial charge in [0.1, 0.15) is 5.82 Å². The monoisotopic (exact) mass is 502 g/mol. The molecule has 0 unspecified atom stereocenters. The molecule has 1 amide bonds. The summed E-state index contributed by atoms with van der Waals surface area (Å²) in [6.45, 7) is 10.5. The highest BCUT2D eigenvalue weighted by atomic mass is 19.1. The van der Waals surface area contributed by atoms with Crippen molar-refractivity contribution in [3.8, 4) is 6.07 Å². The van der Waals surface area contributed by atoms with Gasteiger partial charge in [-0.25, -0.2) is 4.39 Å². The van der Waals surface area contributed by atoms with E-state index in [9.17, 15) is 10.1 Å². The van der Waals surface area contributed by atoms with E-state index in [1.165, 1.54) is 12.1 Å². The molecule has 0 bridgehead atoms. The normalized spacial score (nSPS) is 14.6. The maximum Gasteiger partial charge on any atom is 0.256 e. The van der Waals surface area contributed by atoms with E-state index < -0.39 is 5.82 Å². The maximum atomic E-state index is 15.4. The van der Waals surface area contributed by atoms with Gasteiger partial charge in [-0.15, -0.1) is 0 Å². The molecule has 3 aromatic rings. The molecule has 1 aromatic heterocycles. The lowest BCUT2D eigenvalue weighted by Crippen LogP contribution is -2.45. The molecule has 7 heteroatoms. The summed E-state index contributed by atoms with van der Waals surface area (Å²) in [5, 5.41) is 9.54. The van der Waals surface area contributed by atoms with Crippen LogP contribution in [0.2, 0.25) is 0 Å². The SMILES string of the molecule is CC(C)N(C(=O)c1ccccc1N(c1cc(C#N)ccc1F)C1CCN(Cc2ccoc2)CC1)C(C)C. The summed E-state index contributed by atoms with van der Waals surface area (Å²) >= 11 is 0. The number of para-hydroxylation sites is 1. The van der Waals surface area contributed by atoms with E-state index >= 15 is 4.39 Å². The lowest BCUT2D eigenvalue weighted by atomic mass is 9.98. The third kappa shape index (κ3) is 5.86. The Hall–Kier alpha value is -3.63. The Morgan fingerprint density at radius 1 is 1.08 bits per heavy atom. The zero-order valence-corrected chi connectivity index (χ0v) is 22.0. The molecule has 4 rings (SSSR count). The third-order valence-corrected chi connectivity index (χ3v) is 6.98. The minimum atomic E-state index is -0.411. The molecular weight excluding hydrogens is 467 g/mol. The fraction of sp³-hybridized carbons (Fsp3) is 0.400. The molecular formula is C30H35FN4O2. The molecule has 37 heavy (non-hydrogen) atoms. The first-order valence-electron chi connectivity index (χ1n) is 12.9. The van der Waals surface area contributed by atoms with Crippen LogP contribution in [0, 0.1) is 17.1 Å². The van der Waals surface area contributed by atoms with Crippen molar-refractivity contribution in [3.63, 3.8) is 0 Å². The molecule has 6 nitrogen and oxygen atoms in total. The van der Waals surface area contributed by atoms with Crippen molar-refractivity contribution in [2.24, 2.45) is 0 Å². The molecule has 0 aliphatic carbocycles. The Kier molecular flexibility index (Phi) is 8.30. The molecule has 0 radical (unpaired) electrons. The second-order valence-electron chi connectivity index (χ2n) is 10.2. The number of hydrogen-bond acceptors (Lipinski definition) is 5. The van der Waals surface area contributed by atoms with Crippen LogP contribution in [0.3, 0.4) is 0 Å². The Labute approximate surface area is 218 Å². The van der Waals surface area contributed by atoms with Gasteiger partial charge in [-0.1, -0.05) is 12.1 Å². The first kappa shape index (κ1) is 26.4. The largest absolute Gasteiger partial charge is 0.472 e. The smallest absolute Gasteiger partial charge is 0.256 e. The predicted molar refractivity (Wildman–Crippen MR) is 143 cm³/mol. The second kappa shape index (κ2) is 11.6. The molecule has 0 spiro atoms. The number of carbonyl (C=O) groups is 1. The summed E-state index contributed by atoms with van der Waals surface area (Å²) in [6.07, 6.45) is 5.02. The van der Waals surface area contributed by atoms with Gasteiger partial charge in [-0.3, -0.25) is 9.69 Å². The molecule has 2 heterocycles. The Morgan fingerprint density at radius 2 is 1.78 bits per heavy atom. The van der Waals surface area contributed by atoms with Gasteiger partial charge in [0, 0.05) is 43.3 Å². The van der Waals surface area contributed by atoms with Gasteiger partial charge in [0.15, 0.2) is 0 Å². The molecule has 1 aliphatic heterocycles. The van der Waals surface area contributed by atoms with Crippen LogP contribution in [0.1, 0.15) is 62.0 Å². The van der Waals surface area contributed by atoms with Crippen LogP contribution in [-0.2, 0) is 6.54 Å². The predicted octanol–water partition coefficient (Wildman–Crippen LogP) is 6.35. The summed E-state index contributed by atoms with van der Waals surface area (Å²) in [4.78, 5) is 20.0. The van der Waals surface area contributed by atoms with Crippen molar-refractivity contribution in [2.75, 3.05) is 18.0 Å². The Balaban J connectivity index is 1.73. The Bertz CT molecular complexity index is 1230. The van der Waals surface area contributed by atoms with Crippen molar-refractivity contribution < 1.29 is 13.6 Å². The summed E-state index contributed by atoms with van der Waals surface area (Å²) < 4.78 is 20.6. The quantitative estimate of drug-likeness (QED) is 0.359. The summed E-state index contributed by atoms with van der Waals surface area (Å²) in [5.74, 6) is -0.494. The first-order valence-corrected chi connectivity index (χ1v) is 12.9. The zero-order valence-electron chi connectivity index (χ0n) is 22.0. The lowest BCUT2D eigenvalue weighted by molar-refractivity contribution is 0.0644. The number of nitrogens with zero attached hydrogens (tertiary/aromatic N) is 4. The number of furan rings is 1. The minimum Gasteiger partial charge on any atom is -0.472 e. The standard InChI is InChI=1S/C30H35FN4O2/c1-21(2)34(22(3)4)30(36)26-7-5-6-8-28(26)35(29-17-23(18-32)9-10-27(29)31)25-11-14-33(15-12-25)19-24-13-16-37-20-24/h5-10,13,16-17,20-22,25H,11-12,14-15,19H2,1-4H3. The number of amides is 1. The van der Waals surface area contributed by atoms with Gasteiger partial charge < -0.3 is 14.2 Å². The van der Waals surface area contributed by atoms with Gasteiger partial charge in [0.05, 0.1) is 41.1 Å². The molecule has 0 atom stereocenters. The van der Waals surface area contributed by atoms with E-state index in [4.69, 9.17) is 4.42 Å². The average molecular weight is 503 g/mol. The highest BCUT2D eigenvalue weighted by Crippen LogP contribution is 2.37. The molecule has 0 N–H and O–H groups in total. The van der Waals surface area contributed by atoms with Crippen LogP contribution in [-0.4, -0.2) is 46.9 Å². The van der Waals surface area contributed by atoms with Crippen LogP contribution >= 0.6 is 0 Å². The van der Waals surface area contributed by atoms with Crippen molar-refractivity contribution in [1.29, 1.82) is 5.26 Å². The number of anilines is 2. The third-order valence-electron chi connectivity index (χ3n) is 6.98. The van der Waals surface area contributed by atoms with Crippen molar-refractivity contribution >= 4 is 17.3 Å². The molecule has 2 aromatic carbocycles.